The molecule has 0 aromatic heterocycles. The van der Waals surface area contributed by atoms with E-state index < -0.39 is 5.91 Å². The van der Waals surface area contributed by atoms with Gasteiger partial charge in [-0.1, -0.05) is 11.6 Å². The number of phenols is 1. The minimum atomic E-state index is -0.488. The number of nitriles is 1. The van der Waals surface area contributed by atoms with E-state index in [0.717, 1.165) is 3.57 Å². The summed E-state index contributed by atoms with van der Waals surface area (Å²) in [4.78, 5) is 12.1. The lowest BCUT2D eigenvalue weighted by atomic mass is 10.1. The number of amides is 1. The molecule has 2 aromatic carbocycles. The Morgan fingerprint density at radius 1 is 1.30 bits per heavy atom. The van der Waals surface area contributed by atoms with Crippen LogP contribution in [0.25, 0.3) is 0 Å². The average Bonchev–Trinajstić information content (AvgIpc) is 2.43. The molecule has 0 heterocycles. The summed E-state index contributed by atoms with van der Waals surface area (Å²) in [5.41, 5.74) is 0.862. The van der Waals surface area contributed by atoms with Crippen LogP contribution in [0.1, 0.15) is 15.9 Å². The van der Waals surface area contributed by atoms with Crippen molar-refractivity contribution >= 4 is 45.8 Å². The zero-order valence-electron chi connectivity index (χ0n) is 10.0. The molecule has 4 nitrogen and oxygen atoms in total. The highest BCUT2D eigenvalue weighted by molar-refractivity contribution is 14.1. The van der Waals surface area contributed by atoms with Gasteiger partial charge in [-0.25, -0.2) is 0 Å². The number of rotatable bonds is 2. The van der Waals surface area contributed by atoms with Crippen LogP contribution in [0.5, 0.6) is 5.75 Å². The van der Waals surface area contributed by atoms with E-state index in [4.69, 9.17) is 16.9 Å². The topological polar surface area (TPSA) is 73.1 Å². The Bertz CT molecular complexity index is 726. The number of phenolic OH excluding ortho intramolecular Hbond substituents is 1. The number of anilines is 1. The molecule has 2 rings (SSSR count). The Morgan fingerprint density at radius 3 is 2.75 bits per heavy atom. The Morgan fingerprint density at radius 2 is 2.05 bits per heavy atom. The van der Waals surface area contributed by atoms with Gasteiger partial charge >= 0.3 is 0 Å². The molecule has 0 aliphatic heterocycles. The van der Waals surface area contributed by atoms with Gasteiger partial charge in [0.15, 0.2) is 0 Å². The number of carbonyl (C=O) groups is 1. The third-order valence-electron chi connectivity index (χ3n) is 2.55. The molecule has 0 fully saturated rings. The summed E-state index contributed by atoms with van der Waals surface area (Å²) in [5.74, 6) is -0.603. The monoisotopic (exact) mass is 398 g/mol. The third kappa shape index (κ3) is 3.21. The summed E-state index contributed by atoms with van der Waals surface area (Å²) in [6.45, 7) is 0. The van der Waals surface area contributed by atoms with Gasteiger partial charge in [0.1, 0.15) is 5.75 Å². The molecule has 1 amide bonds. The van der Waals surface area contributed by atoms with Gasteiger partial charge in [0.05, 0.1) is 27.9 Å². The van der Waals surface area contributed by atoms with Crippen molar-refractivity contribution in [3.05, 3.63) is 56.1 Å². The number of aromatic hydroxyl groups is 1. The lowest BCUT2D eigenvalue weighted by Gasteiger charge is -2.09. The first-order valence-electron chi connectivity index (χ1n) is 5.51. The highest BCUT2D eigenvalue weighted by atomic mass is 127. The van der Waals surface area contributed by atoms with Crippen LogP contribution >= 0.6 is 34.2 Å². The Labute approximate surface area is 134 Å². The standard InChI is InChI=1S/C14H8ClIN2O2/c15-11-3-1-8(7-17)5-12(11)18-14(20)10-6-9(16)2-4-13(10)19/h1-6,19H,(H,18,20). The zero-order chi connectivity index (χ0) is 14.7. The van der Waals surface area contributed by atoms with Crippen molar-refractivity contribution in [2.75, 3.05) is 5.32 Å². The van der Waals surface area contributed by atoms with Crippen LogP contribution in [0.3, 0.4) is 0 Å². The second-order valence-corrected chi connectivity index (χ2v) is 5.57. The maximum absolute atomic E-state index is 12.1. The maximum atomic E-state index is 12.1. The number of carbonyl (C=O) groups excluding carboxylic acids is 1. The molecule has 100 valence electrons. The van der Waals surface area contributed by atoms with E-state index in [-0.39, 0.29) is 11.3 Å². The second-order valence-electron chi connectivity index (χ2n) is 3.92. The molecule has 0 radical (unpaired) electrons. The van der Waals surface area contributed by atoms with Gasteiger partial charge in [0.25, 0.3) is 5.91 Å². The Hall–Kier alpha value is -1.78. The van der Waals surface area contributed by atoms with Gasteiger partial charge in [-0.2, -0.15) is 5.26 Å². The molecule has 0 unspecified atom stereocenters. The highest BCUT2D eigenvalue weighted by Crippen LogP contribution is 2.25. The molecule has 0 aliphatic rings. The Balaban J connectivity index is 2.33. The molecule has 0 spiro atoms. The predicted octanol–water partition coefficient (Wildman–Crippen LogP) is 3.77. The van der Waals surface area contributed by atoms with Crippen molar-refractivity contribution in [1.82, 2.24) is 0 Å². The quantitative estimate of drug-likeness (QED) is 0.756. The van der Waals surface area contributed by atoms with E-state index in [2.05, 4.69) is 5.32 Å². The van der Waals surface area contributed by atoms with Gasteiger partial charge in [0, 0.05) is 3.57 Å². The van der Waals surface area contributed by atoms with Crippen LogP contribution in [-0.4, -0.2) is 11.0 Å². The van der Waals surface area contributed by atoms with Crippen molar-refractivity contribution in [3.63, 3.8) is 0 Å². The summed E-state index contributed by atoms with van der Waals surface area (Å²) in [5, 5.41) is 21.4. The van der Waals surface area contributed by atoms with Gasteiger partial charge in [-0.05, 0) is 59.0 Å². The molecule has 2 aromatic rings. The molecule has 0 bridgehead atoms. The molecule has 0 saturated carbocycles. The van der Waals surface area contributed by atoms with E-state index in [9.17, 15) is 9.90 Å². The average molecular weight is 399 g/mol. The largest absolute Gasteiger partial charge is 0.507 e. The van der Waals surface area contributed by atoms with E-state index in [1.54, 1.807) is 18.2 Å². The van der Waals surface area contributed by atoms with Crippen molar-refractivity contribution in [3.8, 4) is 11.8 Å². The van der Waals surface area contributed by atoms with Crippen molar-refractivity contribution in [2.45, 2.75) is 0 Å². The fraction of sp³-hybridized carbons (Fsp3) is 0. The van der Waals surface area contributed by atoms with Crippen molar-refractivity contribution in [1.29, 1.82) is 5.26 Å². The van der Waals surface area contributed by atoms with E-state index in [1.807, 2.05) is 28.7 Å². The van der Waals surface area contributed by atoms with Crippen LogP contribution in [0.2, 0.25) is 5.02 Å². The second kappa shape index (κ2) is 6.11. The SMILES string of the molecule is N#Cc1ccc(Cl)c(NC(=O)c2cc(I)ccc2O)c1. The normalized spacial score (nSPS) is 9.85. The summed E-state index contributed by atoms with van der Waals surface area (Å²) >= 11 is 8.01. The van der Waals surface area contributed by atoms with Gasteiger partial charge < -0.3 is 10.4 Å². The van der Waals surface area contributed by atoms with E-state index in [0.29, 0.717) is 16.3 Å². The van der Waals surface area contributed by atoms with Gasteiger partial charge in [-0.15, -0.1) is 0 Å². The molecular weight excluding hydrogens is 391 g/mol. The molecule has 2 N–H and O–H groups in total. The van der Waals surface area contributed by atoms with Crippen LogP contribution in [0, 0.1) is 14.9 Å². The van der Waals surface area contributed by atoms with Crippen LogP contribution in [0.15, 0.2) is 36.4 Å². The molecular formula is C14H8ClIN2O2. The minimum absolute atomic E-state index is 0.115. The molecule has 0 saturated heterocycles. The number of halogens is 2. The molecule has 0 atom stereocenters. The lowest BCUT2D eigenvalue weighted by Crippen LogP contribution is -2.12. The van der Waals surface area contributed by atoms with Gasteiger partial charge in [0.2, 0.25) is 0 Å². The molecule has 20 heavy (non-hydrogen) atoms. The maximum Gasteiger partial charge on any atom is 0.259 e. The predicted molar refractivity (Wildman–Crippen MR) is 84.9 cm³/mol. The summed E-state index contributed by atoms with van der Waals surface area (Å²) in [6, 6.07) is 11.2. The smallest absolute Gasteiger partial charge is 0.259 e. The highest BCUT2D eigenvalue weighted by Gasteiger charge is 2.13. The fourth-order valence-electron chi connectivity index (χ4n) is 1.57. The molecule has 6 heteroatoms. The number of nitrogens with one attached hydrogen (secondary N) is 1. The minimum Gasteiger partial charge on any atom is -0.507 e. The molecule has 0 aliphatic carbocycles. The number of benzene rings is 2. The van der Waals surface area contributed by atoms with Crippen LogP contribution in [0.4, 0.5) is 5.69 Å². The van der Waals surface area contributed by atoms with Crippen LogP contribution in [-0.2, 0) is 0 Å². The van der Waals surface area contributed by atoms with Crippen molar-refractivity contribution in [2.24, 2.45) is 0 Å². The number of nitrogens with zero attached hydrogens (tertiary/aromatic N) is 1. The first kappa shape index (κ1) is 14.6. The summed E-state index contributed by atoms with van der Waals surface area (Å²) in [6.07, 6.45) is 0. The third-order valence-corrected chi connectivity index (χ3v) is 3.55. The summed E-state index contributed by atoms with van der Waals surface area (Å²) < 4.78 is 0.822. The fourth-order valence-corrected chi connectivity index (χ4v) is 2.23. The van der Waals surface area contributed by atoms with Crippen LogP contribution < -0.4 is 5.32 Å². The van der Waals surface area contributed by atoms with E-state index in [1.165, 1.54) is 18.2 Å². The number of hydrogen-bond acceptors (Lipinski definition) is 3. The van der Waals surface area contributed by atoms with Crippen molar-refractivity contribution < 1.29 is 9.90 Å². The number of hydrogen-bond donors (Lipinski definition) is 2. The lowest BCUT2D eigenvalue weighted by molar-refractivity contribution is 0.102. The Kier molecular flexibility index (Phi) is 4.47. The first-order chi connectivity index (χ1) is 9.51. The summed E-state index contributed by atoms with van der Waals surface area (Å²) in [7, 11) is 0. The van der Waals surface area contributed by atoms with E-state index >= 15 is 0 Å². The zero-order valence-corrected chi connectivity index (χ0v) is 12.9. The first-order valence-corrected chi connectivity index (χ1v) is 6.96. The van der Waals surface area contributed by atoms with Gasteiger partial charge in [-0.3, -0.25) is 4.79 Å².